The third kappa shape index (κ3) is 4.36. The molecule has 0 bridgehead atoms. The Balaban J connectivity index is 1.74. The van der Waals surface area contributed by atoms with Crippen LogP contribution in [0.1, 0.15) is 42.9 Å². The Morgan fingerprint density at radius 2 is 1.74 bits per heavy atom. The first kappa shape index (κ1) is 19.5. The first-order valence-electron chi connectivity index (χ1n) is 9.21. The molecule has 0 aromatic heterocycles. The van der Waals surface area contributed by atoms with E-state index >= 15 is 0 Å². The summed E-state index contributed by atoms with van der Waals surface area (Å²) in [4.78, 5) is 25.2. The number of carbonyl (C=O) groups is 2. The zero-order valence-corrected chi connectivity index (χ0v) is 14.9. The highest BCUT2D eigenvalue weighted by molar-refractivity contribution is 5.82. The fourth-order valence-electron chi connectivity index (χ4n) is 4.18. The van der Waals surface area contributed by atoms with Gasteiger partial charge in [-0.2, -0.15) is 13.2 Å². The van der Waals surface area contributed by atoms with Crippen molar-refractivity contribution in [3.05, 3.63) is 35.4 Å². The Morgan fingerprint density at radius 3 is 2.37 bits per heavy atom. The molecule has 2 aliphatic heterocycles. The monoisotopic (exact) mass is 384 g/mol. The van der Waals surface area contributed by atoms with Gasteiger partial charge in [-0.05, 0) is 49.1 Å². The molecule has 2 saturated heterocycles. The topological polar surface area (TPSA) is 60.9 Å². The van der Waals surface area contributed by atoms with Crippen molar-refractivity contribution < 1.29 is 27.9 Å². The molecule has 1 atom stereocenters. The summed E-state index contributed by atoms with van der Waals surface area (Å²) in [6.07, 6.45) is -2.54. The molecular weight excluding hydrogens is 361 g/mol. The predicted octanol–water partition coefficient (Wildman–Crippen LogP) is 3.84. The van der Waals surface area contributed by atoms with Gasteiger partial charge in [-0.3, -0.25) is 4.79 Å². The van der Waals surface area contributed by atoms with Gasteiger partial charge < -0.3 is 14.9 Å². The van der Waals surface area contributed by atoms with Crippen LogP contribution in [0.4, 0.5) is 18.0 Å². The van der Waals surface area contributed by atoms with Crippen molar-refractivity contribution in [2.24, 2.45) is 5.92 Å². The number of hydrogen-bond acceptors (Lipinski definition) is 2. The highest BCUT2D eigenvalue weighted by Gasteiger charge is 2.46. The number of carboxylic acid groups (broad SMARTS) is 1. The number of amides is 2. The van der Waals surface area contributed by atoms with Gasteiger partial charge in [-0.25, -0.2) is 4.79 Å². The Kier molecular flexibility index (Phi) is 5.62. The summed E-state index contributed by atoms with van der Waals surface area (Å²) >= 11 is 0. The molecule has 148 valence electrons. The van der Waals surface area contributed by atoms with Gasteiger partial charge >= 0.3 is 18.2 Å². The van der Waals surface area contributed by atoms with Gasteiger partial charge in [0.25, 0.3) is 0 Å². The lowest BCUT2D eigenvalue weighted by molar-refractivity contribution is -0.186. The molecule has 0 aliphatic carbocycles. The average molecular weight is 384 g/mol. The van der Waals surface area contributed by atoms with Crippen LogP contribution in [0.15, 0.2) is 24.3 Å². The Morgan fingerprint density at radius 1 is 1.07 bits per heavy atom. The molecule has 27 heavy (non-hydrogen) atoms. The van der Waals surface area contributed by atoms with Crippen molar-refractivity contribution in [3.63, 3.8) is 0 Å². The maximum absolute atomic E-state index is 12.9. The van der Waals surface area contributed by atoms with E-state index < -0.39 is 24.2 Å². The number of piperidine rings is 1. The van der Waals surface area contributed by atoms with Crippen LogP contribution in [0.2, 0.25) is 0 Å². The van der Waals surface area contributed by atoms with Crippen LogP contribution in [0.25, 0.3) is 0 Å². The largest absolute Gasteiger partial charge is 0.471 e. The van der Waals surface area contributed by atoms with E-state index in [2.05, 4.69) is 0 Å². The zero-order valence-electron chi connectivity index (χ0n) is 14.9. The molecule has 2 aliphatic rings. The SMILES string of the molecule is O=C(O)N1CCC(Cc2ccccc2C2CCCN2C(=O)C(F)(F)F)CC1. The summed E-state index contributed by atoms with van der Waals surface area (Å²) in [5.41, 5.74) is 1.74. The molecule has 0 radical (unpaired) electrons. The smallest absolute Gasteiger partial charge is 0.465 e. The number of carbonyl (C=O) groups excluding carboxylic acids is 1. The van der Waals surface area contributed by atoms with Crippen molar-refractivity contribution >= 4 is 12.0 Å². The number of likely N-dealkylation sites (tertiary alicyclic amines) is 2. The summed E-state index contributed by atoms with van der Waals surface area (Å²) in [5, 5.41) is 9.05. The summed E-state index contributed by atoms with van der Waals surface area (Å²) in [7, 11) is 0. The van der Waals surface area contributed by atoms with Crippen LogP contribution in [-0.2, 0) is 11.2 Å². The summed E-state index contributed by atoms with van der Waals surface area (Å²) < 4.78 is 38.8. The molecule has 0 spiro atoms. The lowest BCUT2D eigenvalue weighted by atomic mass is 9.86. The fraction of sp³-hybridized carbons (Fsp3) is 0.579. The maximum Gasteiger partial charge on any atom is 0.471 e. The van der Waals surface area contributed by atoms with Gasteiger partial charge in [-0.1, -0.05) is 24.3 Å². The molecule has 1 aromatic rings. The van der Waals surface area contributed by atoms with Crippen LogP contribution < -0.4 is 0 Å². The number of halogens is 3. The van der Waals surface area contributed by atoms with Gasteiger partial charge in [0, 0.05) is 19.6 Å². The number of hydrogen-bond donors (Lipinski definition) is 1. The number of rotatable bonds is 3. The normalized spacial score (nSPS) is 21.5. The molecule has 8 heteroatoms. The number of nitrogens with zero attached hydrogens (tertiary/aromatic N) is 2. The lowest BCUT2D eigenvalue weighted by Gasteiger charge is -2.32. The van der Waals surface area contributed by atoms with Crippen molar-refractivity contribution in [1.29, 1.82) is 0 Å². The molecule has 3 rings (SSSR count). The molecule has 1 N–H and O–H groups in total. The van der Waals surface area contributed by atoms with E-state index in [0.29, 0.717) is 32.4 Å². The van der Waals surface area contributed by atoms with Crippen LogP contribution in [0, 0.1) is 5.92 Å². The average Bonchev–Trinajstić information content (AvgIpc) is 3.10. The summed E-state index contributed by atoms with van der Waals surface area (Å²) in [5.74, 6) is -1.48. The second-order valence-electron chi connectivity index (χ2n) is 7.27. The van der Waals surface area contributed by atoms with Crippen molar-refractivity contribution in [3.8, 4) is 0 Å². The highest BCUT2D eigenvalue weighted by Crippen LogP contribution is 2.37. The van der Waals surface area contributed by atoms with Gasteiger partial charge in [0.05, 0.1) is 6.04 Å². The summed E-state index contributed by atoms with van der Waals surface area (Å²) in [6.45, 7) is 1.07. The summed E-state index contributed by atoms with van der Waals surface area (Å²) in [6, 6.07) is 6.83. The van der Waals surface area contributed by atoms with E-state index in [1.807, 2.05) is 18.2 Å². The zero-order chi connectivity index (χ0) is 19.6. The molecule has 2 fully saturated rings. The fourth-order valence-corrected chi connectivity index (χ4v) is 4.18. The van der Waals surface area contributed by atoms with E-state index in [0.717, 1.165) is 28.9 Å². The van der Waals surface area contributed by atoms with E-state index in [-0.39, 0.29) is 12.5 Å². The van der Waals surface area contributed by atoms with Gasteiger partial charge in [0.2, 0.25) is 0 Å². The quantitative estimate of drug-likeness (QED) is 0.861. The predicted molar refractivity (Wildman–Crippen MR) is 92.2 cm³/mol. The van der Waals surface area contributed by atoms with Crippen LogP contribution >= 0.6 is 0 Å². The molecule has 1 unspecified atom stereocenters. The first-order valence-corrected chi connectivity index (χ1v) is 9.21. The molecule has 5 nitrogen and oxygen atoms in total. The van der Waals surface area contributed by atoms with Crippen molar-refractivity contribution in [1.82, 2.24) is 9.80 Å². The van der Waals surface area contributed by atoms with E-state index in [1.165, 1.54) is 4.90 Å². The Hall–Kier alpha value is -2.25. The van der Waals surface area contributed by atoms with E-state index in [9.17, 15) is 22.8 Å². The highest BCUT2D eigenvalue weighted by atomic mass is 19.4. The minimum Gasteiger partial charge on any atom is -0.465 e. The Bertz CT molecular complexity index is 700. The third-order valence-corrected chi connectivity index (χ3v) is 5.56. The van der Waals surface area contributed by atoms with Gasteiger partial charge in [-0.15, -0.1) is 0 Å². The number of alkyl halides is 3. The third-order valence-electron chi connectivity index (χ3n) is 5.56. The standard InChI is InChI=1S/C19H23F3N2O3/c20-19(21,22)17(25)24-9-3-6-16(24)15-5-2-1-4-14(15)12-13-7-10-23(11-8-13)18(26)27/h1-2,4-5,13,16H,3,6-12H2,(H,26,27). The van der Waals surface area contributed by atoms with Gasteiger partial charge in [0.15, 0.2) is 0 Å². The van der Waals surface area contributed by atoms with Crippen molar-refractivity contribution in [2.75, 3.05) is 19.6 Å². The lowest BCUT2D eigenvalue weighted by Crippen LogP contribution is -2.41. The van der Waals surface area contributed by atoms with Crippen LogP contribution in [0.3, 0.4) is 0 Å². The van der Waals surface area contributed by atoms with E-state index in [1.54, 1.807) is 6.07 Å². The molecular formula is C19H23F3N2O3. The van der Waals surface area contributed by atoms with Crippen molar-refractivity contribution in [2.45, 2.75) is 44.3 Å². The molecule has 1 aromatic carbocycles. The van der Waals surface area contributed by atoms with E-state index in [4.69, 9.17) is 5.11 Å². The van der Waals surface area contributed by atoms with Crippen LogP contribution in [-0.4, -0.2) is 52.7 Å². The molecule has 2 heterocycles. The minimum absolute atomic E-state index is 0.119. The first-order chi connectivity index (χ1) is 12.8. The maximum atomic E-state index is 12.9. The second kappa shape index (κ2) is 7.78. The Labute approximate surface area is 155 Å². The molecule has 2 amide bonds. The van der Waals surface area contributed by atoms with Gasteiger partial charge in [0.1, 0.15) is 0 Å². The van der Waals surface area contributed by atoms with Crippen LogP contribution in [0.5, 0.6) is 0 Å². The second-order valence-corrected chi connectivity index (χ2v) is 7.27. The minimum atomic E-state index is -4.86. The molecule has 0 saturated carbocycles. The number of benzene rings is 1.